The molecule has 22 heavy (non-hydrogen) atoms. The zero-order chi connectivity index (χ0) is 15.5. The first-order chi connectivity index (χ1) is 10.7. The van der Waals surface area contributed by atoms with Crippen molar-refractivity contribution < 1.29 is 5.11 Å². The largest absolute Gasteiger partial charge is 0.394 e. The van der Waals surface area contributed by atoms with Gasteiger partial charge in [0.1, 0.15) is 5.84 Å². The lowest BCUT2D eigenvalue weighted by Gasteiger charge is -2.33. The maximum atomic E-state index is 9.77. The van der Waals surface area contributed by atoms with Gasteiger partial charge < -0.3 is 15.7 Å². The summed E-state index contributed by atoms with van der Waals surface area (Å²) < 4.78 is 0. The van der Waals surface area contributed by atoms with Crippen molar-refractivity contribution in [2.45, 2.75) is 6.04 Å². The smallest absolute Gasteiger partial charge is 0.211 e. The van der Waals surface area contributed by atoms with Crippen LogP contribution in [0.4, 0.5) is 0 Å². The summed E-state index contributed by atoms with van der Waals surface area (Å²) in [7, 11) is 0. The Bertz CT molecular complexity index is 698. The van der Waals surface area contributed by atoms with Crippen LogP contribution in [0.2, 0.25) is 0 Å². The van der Waals surface area contributed by atoms with Crippen molar-refractivity contribution in [1.82, 2.24) is 24.9 Å². The number of hydrogen-bond donors (Lipinski definition) is 2. The molecular weight excluding hydrogens is 306 g/mol. The van der Waals surface area contributed by atoms with Gasteiger partial charge in [-0.3, -0.25) is 4.98 Å². The molecule has 9 heteroatoms. The minimum Gasteiger partial charge on any atom is -0.394 e. The maximum absolute atomic E-state index is 9.77. The van der Waals surface area contributed by atoms with E-state index < -0.39 is 6.04 Å². The van der Waals surface area contributed by atoms with E-state index in [0.717, 1.165) is 0 Å². The van der Waals surface area contributed by atoms with Crippen LogP contribution < -0.4 is 5.73 Å². The summed E-state index contributed by atoms with van der Waals surface area (Å²) in [5, 5.41) is 18.1. The fourth-order valence-corrected chi connectivity index (χ4v) is 2.51. The summed E-state index contributed by atoms with van der Waals surface area (Å²) >= 11 is 6.43. The van der Waals surface area contributed by atoms with Crippen LogP contribution in [-0.2, 0) is 0 Å². The summed E-state index contributed by atoms with van der Waals surface area (Å²) in [6, 6.07) is 5.03. The van der Waals surface area contributed by atoms with Gasteiger partial charge in [-0.05, 0) is 12.1 Å². The van der Waals surface area contributed by atoms with Gasteiger partial charge in [0.2, 0.25) is 5.82 Å². The molecule has 0 aromatic carbocycles. The highest BCUT2D eigenvalue weighted by Crippen LogP contribution is 2.30. The minimum atomic E-state index is -0.437. The van der Waals surface area contributed by atoms with Crippen molar-refractivity contribution in [3.05, 3.63) is 47.6 Å². The first-order valence-electron chi connectivity index (χ1n) is 6.58. The molecule has 8 nitrogen and oxygen atoms in total. The van der Waals surface area contributed by atoms with E-state index in [-0.39, 0.29) is 13.2 Å². The van der Waals surface area contributed by atoms with Gasteiger partial charge in [0.25, 0.3) is 0 Å². The summed E-state index contributed by atoms with van der Waals surface area (Å²) in [6.07, 6.45) is 4.70. The van der Waals surface area contributed by atoms with Crippen molar-refractivity contribution in [3.63, 3.8) is 0 Å². The van der Waals surface area contributed by atoms with Crippen molar-refractivity contribution in [2.24, 2.45) is 10.7 Å². The normalized spacial score (nSPS) is 16.6. The molecule has 0 saturated carbocycles. The van der Waals surface area contributed by atoms with E-state index in [1.807, 2.05) is 12.1 Å². The number of aliphatic hydroxyl groups is 1. The van der Waals surface area contributed by atoms with E-state index in [0.29, 0.717) is 22.5 Å². The molecule has 3 N–H and O–H groups in total. The third-order valence-corrected chi connectivity index (χ3v) is 3.59. The molecule has 2 aromatic heterocycles. The van der Waals surface area contributed by atoms with Crippen LogP contribution in [0.15, 0.2) is 46.9 Å². The number of aliphatic hydroxyl groups excluding tert-OH is 1. The first kappa shape index (κ1) is 14.5. The maximum Gasteiger partial charge on any atom is 0.211 e. The third kappa shape index (κ3) is 2.66. The monoisotopic (exact) mass is 319 g/mol. The molecule has 0 aliphatic carbocycles. The van der Waals surface area contributed by atoms with Crippen molar-refractivity contribution in [1.29, 1.82) is 0 Å². The van der Waals surface area contributed by atoms with Gasteiger partial charge >= 0.3 is 0 Å². The quantitative estimate of drug-likeness (QED) is 0.790. The highest BCUT2D eigenvalue weighted by Gasteiger charge is 2.29. The Morgan fingerprint density at radius 2 is 2.05 bits per heavy atom. The Kier molecular flexibility index (Phi) is 4.03. The number of aliphatic imine (C=N–C) groups is 1. The van der Waals surface area contributed by atoms with Gasteiger partial charge in [-0.1, -0.05) is 17.7 Å². The number of halogens is 1. The fraction of sp³-hybridized carbons (Fsp3) is 0.231. The van der Waals surface area contributed by atoms with Crippen molar-refractivity contribution in [2.75, 3.05) is 13.2 Å². The molecule has 1 aliphatic rings. The fourth-order valence-electron chi connectivity index (χ4n) is 2.21. The standard InChI is InChI=1S/C13H14ClN7O/c14-12-13(21-17-5-6-18-21)19-11(15)7-20(12)10(8-22)9-3-1-2-4-16-9/h1-6,10,22H,7-8H2,(H2,15,19)/t10-/m1/s1. The molecule has 0 saturated heterocycles. The SMILES string of the molecule is NC1=NC(n2nccn2)=C(Cl)N([C@H](CO)c2ccccn2)C1. The Morgan fingerprint density at radius 1 is 1.27 bits per heavy atom. The van der Waals surface area contributed by atoms with Crippen LogP contribution >= 0.6 is 11.6 Å². The van der Waals surface area contributed by atoms with Crippen molar-refractivity contribution >= 4 is 23.3 Å². The van der Waals surface area contributed by atoms with Gasteiger partial charge in [0, 0.05) is 6.20 Å². The second-order valence-corrected chi connectivity index (χ2v) is 4.97. The Balaban J connectivity index is 2.01. The average Bonchev–Trinajstić information content (AvgIpc) is 3.06. The number of aromatic nitrogens is 4. The molecule has 0 amide bonds. The second kappa shape index (κ2) is 6.12. The number of rotatable bonds is 4. The highest BCUT2D eigenvalue weighted by atomic mass is 35.5. The van der Waals surface area contributed by atoms with Crippen LogP contribution in [0, 0.1) is 0 Å². The van der Waals surface area contributed by atoms with Crippen molar-refractivity contribution in [3.8, 4) is 0 Å². The molecule has 3 heterocycles. The number of nitrogens with zero attached hydrogens (tertiary/aromatic N) is 6. The van der Waals surface area contributed by atoms with Gasteiger partial charge in [-0.25, -0.2) is 4.99 Å². The Morgan fingerprint density at radius 3 is 2.68 bits per heavy atom. The zero-order valence-electron chi connectivity index (χ0n) is 11.5. The summed E-state index contributed by atoms with van der Waals surface area (Å²) in [5.74, 6) is 0.663. The van der Waals surface area contributed by atoms with E-state index in [9.17, 15) is 5.11 Å². The predicted molar refractivity (Wildman–Crippen MR) is 81.5 cm³/mol. The van der Waals surface area contributed by atoms with Crippen LogP contribution in [0.1, 0.15) is 11.7 Å². The van der Waals surface area contributed by atoms with E-state index >= 15 is 0 Å². The molecule has 0 bridgehead atoms. The zero-order valence-corrected chi connectivity index (χ0v) is 12.3. The molecule has 0 unspecified atom stereocenters. The van der Waals surface area contributed by atoms with Crippen LogP contribution in [0.5, 0.6) is 0 Å². The number of amidine groups is 1. The highest BCUT2D eigenvalue weighted by molar-refractivity contribution is 6.32. The second-order valence-electron chi connectivity index (χ2n) is 4.62. The lowest BCUT2D eigenvalue weighted by Crippen LogP contribution is -2.40. The molecule has 2 aromatic rings. The summed E-state index contributed by atoms with van der Waals surface area (Å²) in [4.78, 5) is 11.5. The van der Waals surface area contributed by atoms with Gasteiger partial charge in [0.15, 0.2) is 5.16 Å². The molecule has 1 atom stereocenters. The number of pyridine rings is 1. The lowest BCUT2D eigenvalue weighted by molar-refractivity contribution is 0.169. The molecule has 1 aliphatic heterocycles. The van der Waals surface area contributed by atoms with Gasteiger partial charge in [-0.15, -0.1) is 4.80 Å². The number of nitrogens with two attached hydrogens (primary N) is 1. The minimum absolute atomic E-state index is 0.166. The molecule has 0 radical (unpaired) electrons. The van der Waals surface area contributed by atoms with E-state index in [1.165, 1.54) is 17.2 Å². The van der Waals surface area contributed by atoms with E-state index in [1.54, 1.807) is 17.2 Å². The third-order valence-electron chi connectivity index (χ3n) is 3.21. The topological polar surface area (TPSA) is 105 Å². The predicted octanol–water partition coefficient (Wildman–Crippen LogP) is 0.402. The van der Waals surface area contributed by atoms with E-state index in [2.05, 4.69) is 20.2 Å². The van der Waals surface area contributed by atoms with Gasteiger partial charge in [-0.2, -0.15) is 10.2 Å². The molecule has 3 rings (SSSR count). The van der Waals surface area contributed by atoms with E-state index in [4.69, 9.17) is 17.3 Å². The summed E-state index contributed by atoms with van der Waals surface area (Å²) in [5.41, 5.74) is 6.58. The molecular formula is C13H14ClN7O. The Labute approximate surface area is 131 Å². The average molecular weight is 320 g/mol. The lowest BCUT2D eigenvalue weighted by atomic mass is 10.1. The molecule has 0 spiro atoms. The van der Waals surface area contributed by atoms with Crippen LogP contribution in [0.3, 0.4) is 0 Å². The van der Waals surface area contributed by atoms with Gasteiger partial charge in [0.05, 0.1) is 37.3 Å². The Hall–Kier alpha value is -2.45. The first-order valence-corrected chi connectivity index (χ1v) is 6.96. The van der Waals surface area contributed by atoms with Crippen LogP contribution in [0.25, 0.3) is 5.82 Å². The summed E-state index contributed by atoms with van der Waals surface area (Å²) in [6.45, 7) is 0.117. The molecule has 114 valence electrons. The number of hydrogen-bond acceptors (Lipinski definition) is 7. The van der Waals surface area contributed by atoms with Crippen LogP contribution in [-0.4, -0.2) is 49.0 Å². The molecule has 0 fully saturated rings.